The second-order valence-corrected chi connectivity index (χ2v) is 7.40. The molecule has 0 unspecified atom stereocenters. The van der Waals surface area contributed by atoms with E-state index in [4.69, 9.17) is 10.7 Å². The van der Waals surface area contributed by atoms with Gasteiger partial charge in [-0.25, -0.2) is 4.98 Å². The minimum atomic E-state index is 0.316. The fourth-order valence-corrected chi connectivity index (χ4v) is 3.93. The van der Waals surface area contributed by atoms with Crippen molar-refractivity contribution < 1.29 is 0 Å². The van der Waals surface area contributed by atoms with Crippen LogP contribution >= 0.6 is 23.1 Å². The molecule has 0 bridgehead atoms. The van der Waals surface area contributed by atoms with Crippen molar-refractivity contribution >= 4 is 39.0 Å². The van der Waals surface area contributed by atoms with Gasteiger partial charge >= 0.3 is 0 Å². The summed E-state index contributed by atoms with van der Waals surface area (Å²) in [5.41, 5.74) is 9.42. The number of hydrogen-bond donors (Lipinski definition) is 1. The fourth-order valence-electron chi connectivity index (χ4n) is 2.06. The molecule has 2 N–H and O–H groups in total. The van der Waals surface area contributed by atoms with Gasteiger partial charge in [-0.15, -0.1) is 11.3 Å². The highest BCUT2D eigenvalue weighted by Crippen LogP contribution is 2.39. The van der Waals surface area contributed by atoms with Gasteiger partial charge in [0.05, 0.1) is 5.69 Å². The van der Waals surface area contributed by atoms with Crippen LogP contribution in [0.4, 0.5) is 5.69 Å². The van der Waals surface area contributed by atoms with Crippen molar-refractivity contribution in [2.75, 3.05) is 5.73 Å². The lowest BCUT2D eigenvalue weighted by Gasteiger charge is -2.29. The summed E-state index contributed by atoms with van der Waals surface area (Å²) in [7, 11) is 0. The van der Waals surface area contributed by atoms with Crippen molar-refractivity contribution in [2.24, 2.45) is 0 Å². The van der Waals surface area contributed by atoms with Crippen LogP contribution < -0.4 is 5.73 Å². The second-order valence-electron chi connectivity index (χ2n) is 4.86. The first kappa shape index (κ1) is 10.4. The third kappa shape index (κ3) is 1.60. The molecule has 1 aliphatic rings. The molecule has 3 heterocycles. The Kier molecular flexibility index (Phi) is 2.20. The maximum absolute atomic E-state index is 5.93. The Labute approximate surface area is 103 Å². The lowest BCUT2D eigenvalue weighted by molar-refractivity contribution is 0.679. The van der Waals surface area contributed by atoms with Gasteiger partial charge in [-0.3, -0.25) is 0 Å². The number of nitrogen functional groups attached to an aromatic ring is 1. The summed E-state index contributed by atoms with van der Waals surface area (Å²) < 4.78 is 0.316. The number of hydrogen-bond acceptors (Lipinski definition) is 4. The Hall–Kier alpha value is -0.740. The van der Waals surface area contributed by atoms with Crippen LogP contribution in [0.5, 0.6) is 0 Å². The Morgan fingerprint density at radius 2 is 2.25 bits per heavy atom. The Balaban J connectivity index is 2.18. The lowest BCUT2D eigenvalue weighted by Crippen LogP contribution is -2.24. The lowest BCUT2D eigenvalue weighted by atomic mass is 10.0. The number of nitrogens with zero attached hydrogens (tertiary/aromatic N) is 1. The highest BCUT2D eigenvalue weighted by molar-refractivity contribution is 7.99. The van der Waals surface area contributed by atoms with Gasteiger partial charge in [-0.1, -0.05) is 13.8 Å². The SMILES string of the molecule is CC1(C)Cc2nc3scc(N)c3cc2CS1. The van der Waals surface area contributed by atoms with E-state index in [9.17, 15) is 0 Å². The number of pyridine rings is 1. The topological polar surface area (TPSA) is 38.9 Å². The molecule has 0 atom stereocenters. The molecule has 0 fully saturated rings. The van der Waals surface area contributed by atoms with Gasteiger partial charge in [0, 0.05) is 33.4 Å². The van der Waals surface area contributed by atoms with E-state index >= 15 is 0 Å². The number of rotatable bonds is 0. The number of aromatic nitrogens is 1. The standard InChI is InChI=1S/C12H14N2S2/c1-12(2)4-10-7(5-16-12)3-8-9(13)6-15-11(8)14-10/h3,6H,4-5,13H2,1-2H3. The first-order valence-electron chi connectivity index (χ1n) is 5.35. The molecule has 16 heavy (non-hydrogen) atoms. The molecule has 0 amide bonds. The van der Waals surface area contributed by atoms with E-state index in [1.165, 1.54) is 11.3 Å². The summed E-state index contributed by atoms with van der Waals surface area (Å²) in [6.45, 7) is 4.57. The first-order valence-corrected chi connectivity index (χ1v) is 7.21. The zero-order valence-electron chi connectivity index (χ0n) is 9.41. The molecule has 4 heteroatoms. The zero-order chi connectivity index (χ0) is 11.3. The average Bonchev–Trinajstić information content (AvgIpc) is 2.56. The van der Waals surface area contributed by atoms with Crippen molar-refractivity contribution in [2.45, 2.75) is 30.8 Å². The van der Waals surface area contributed by atoms with E-state index in [1.54, 1.807) is 11.3 Å². The van der Waals surface area contributed by atoms with Crippen molar-refractivity contribution in [3.05, 3.63) is 22.7 Å². The Morgan fingerprint density at radius 3 is 3.06 bits per heavy atom. The van der Waals surface area contributed by atoms with Gasteiger partial charge < -0.3 is 5.73 Å². The summed E-state index contributed by atoms with van der Waals surface area (Å²) in [4.78, 5) is 5.84. The zero-order valence-corrected chi connectivity index (χ0v) is 11.0. The maximum Gasteiger partial charge on any atom is 0.125 e. The molecule has 0 radical (unpaired) electrons. The number of nitrogens with two attached hydrogens (primary N) is 1. The minimum absolute atomic E-state index is 0.316. The Morgan fingerprint density at radius 1 is 1.44 bits per heavy atom. The average molecular weight is 250 g/mol. The fraction of sp³-hybridized carbons (Fsp3) is 0.417. The molecule has 0 spiro atoms. The summed E-state index contributed by atoms with van der Waals surface area (Å²) in [5, 5.41) is 3.12. The van der Waals surface area contributed by atoms with Crippen molar-refractivity contribution in [3.8, 4) is 0 Å². The molecule has 0 aliphatic carbocycles. The minimum Gasteiger partial charge on any atom is -0.398 e. The van der Waals surface area contributed by atoms with Gasteiger partial charge in [0.2, 0.25) is 0 Å². The van der Waals surface area contributed by atoms with Crippen molar-refractivity contribution in [1.29, 1.82) is 0 Å². The number of anilines is 1. The van der Waals surface area contributed by atoms with Crippen LogP contribution in [0.2, 0.25) is 0 Å². The van der Waals surface area contributed by atoms with E-state index in [0.29, 0.717) is 4.75 Å². The summed E-state index contributed by atoms with van der Waals surface area (Å²) in [5.74, 6) is 1.06. The largest absolute Gasteiger partial charge is 0.398 e. The summed E-state index contributed by atoms with van der Waals surface area (Å²) in [6, 6.07) is 2.23. The quantitative estimate of drug-likeness (QED) is 0.778. The molecule has 0 saturated heterocycles. The smallest absolute Gasteiger partial charge is 0.125 e. The number of thiophene rings is 1. The number of thioether (sulfide) groups is 1. The molecule has 84 valence electrons. The van der Waals surface area contributed by atoms with Gasteiger partial charge in [-0.2, -0.15) is 11.8 Å². The maximum atomic E-state index is 5.93. The van der Waals surface area contributed by atoms with Crippen LogP contribution in [-0.4, -0.2) is 9.73 Å². The third-order valence-electron chi connectivity index (χ3n) is 2.98. The van der Waals surface area contributed by atoms with Crippen LogP contribution in [0.25, 0.3) is 10.2 Å². The van der Waals surface area contributed by atoms with Gasteiger partial charge in [0.15, 0.2) is 0 Å². The molecule has 2 aromatic rings. The second kappa shape index (κ2) is 3.37. The van der Waals surface area contributed by atoms with E-state index in [1.807, 2.05) is 17.1 Å². The van der Waals surface area contributed by atoms with Gasteiger partial charge in [0.25, 0.3) is 0 Å². The van der Waals surface area contributed by atoms with E-state index < -0.39 is 0 Å². The normalized spacial score (nSPS) is 18.6. The highest BCUT2D eigenvalue weighted by Gasteiger charge is 2.27. The van der Waals surface area contributed by atoms with Crippen LogP contribution in [0, 0.1) is 0 Å². The highest BCUT2D eigenvalue weighted by atomic mass is 32.2. The van der Waals surface area contributed by atoms with Crippen LogP contribution in [-0.2, 0) is 12.2 Å². The molecule has 0 aromatic carbocycles. The molecule has 1 aliphatic heterocycles. The predicted octanol–water partition coefficient (Wildman–Crippen LogP) is 3.45. The van der Waals surface area contributed by atoms with Crippen molar-refractivity contribution in [3.63, 3.8) is 0 Å². The van der Waals surface area contributed by atoms with Gasteiger partial charge in [0.1, 0.15) is 4.83 Å². The van der Waals surface area contributed by atoms with E-state index in [-0.39, 0.29) is 0 Å². The van der Waals surface area contributed by atoms with E-state index in [0.717, 1.165) is 28.1 Å². The molecular formula is C12H14N2S2. The van der Waals surface area contributed by atoms with E-state index in [2.05, 4.69) is 19.9 Å². The van der Waals surface area contributed by atoms with Gasteiger partial charge in [-0.05, 0) is 11.6 Å². The van der Waals surface area contributed by atoms with Crippen LogP contribution in [0.15, 0.2) is 11.4 Å². The van der Waals surface area contributed by atoms with Crippen LogP contribution in [0.3, 0.4) is 0 Å². The summed E-state index contributed by atoms with van der Waals surface area (Å²) in [6.07, 6.45) is 1.06. The van der Waals surface area contributed by atoms with Crippen molar-refractivity contribution in [1.82, 2.24) is 4.98 Å². The molecule has 0 saturated carbocycles. The predicted molar refractivity (Wildman–Crippen MR) is 73.1 cm³/mol. The number of fused-ring (bicyclic) bond motifs is 2. The monoisotopic (exact) mass is 250 g/mol. The third-order valence-corrected chi connectivity index (χ3v) is 5.26. The van der Waals surface area contributed by atoms with Crippen LogP contribution in [0.1, 0.15) is 25.1 Å². The molecule has 2 nitrogen and oxygen atoms in total. The summed E-state index contributed by atoms with van der Waals surface area (Å²) >= 11 is 3.65. The molecular weight excluding hydrogens is 236 g/mol. The molecule has 2 aromatic heterocycles. The Bertz CT molecular complexity index is 557. The first-order chi connectivity index (χ1) is 7.55. The molecule has 3 rings (SSSR count).